The Kier molecular flexibility index (Phi) is 4.49. The van der Waals surface area contributed by atoms with Crippen molar-refractivity contribution in [2.24, 2.45) is 0 Å². The molecule has 1 aromatic heterocycles. The van der Waals surface area contributed by atoms with Crippen molar-refractivity contribution in [3.05, 3.63) is 48.5 Å². The molecule has 0 amide bonds. The Bertz CT molecular complexity index is 943. The summed E-state index contributed by atoms with van der Waals surface area (Å²) in [5.41, 5.74) is 1.74. The number of ether oxygens (including phenoxy) is 3. The molecule has 7 nitrogen and oxygen atoms in total. The highest BCUT2D eigenvalue weighted by Gasteiger charge is 2.20. The Labute approximate surface area is 153 Å². The smallest absolute Gasteiger partial charge is 0.316 e. The maximum Gasteiger partial charge on any atom is 0.316 e. The van der Waals surface area contributed by atoms with Gasteiger partial charge in [0.1, 0.15) is 0 Å². The predicted octanol–water partition coefficient (Wildman–Crippen LogP) is 2.93. The number of rotatable bonds is 5. The maximum atomic E-state index is 11.5. The lowest BCUT2D eigenvalue weighted by atomic mass is 10.2. The number of carbonyl (C=O) groups is 1. The fourth-order valence-corrected chi connectivity index (χ4v) is 3.36. The van der Waals surface area contributed by atoms with Crippen LogP contribution >= 0.6 is 11.8 Å². The quantitative estimate of drug-likeness (QED) is 0.505. The Morgan fingerprint density at radius 3 is 2.77 bits per heavy atom. The van der Waals surface area contributed by atoms with Gasteiger partial charge in [0.05, 0.1) is 12.9 Å². The minimum atomic E-state index is -0.317. The molecule has 0 fully saturated rings. The predicted molar refractivity (Wildman–Crippen MR) is 95.7 cm³/mol. The van der Waals surface area contributed by atoms with Gasteiger partial charge in [-0.25, -0.2) is 0 Å². The largest absolute Gasteiger partial charge is 0.468 e. The van der Waals surface area contributed by atoms with Crippen molar-refractivity contribution in [1.82, 2.24) is 14.8 Å². The van der Waals surface area contributed by atoms with Gasteiger partial charge in [0.2, 0.25) is 6.79 Å². The molecule has 0 bridgehead atoms. The average molecular weight is 369 g/mol. The van der Waals surface area contributed by atoms with Crippen LogP contribution in [0.4, 0.5) is 0 Å². The van der Waals surface area contributed by atoms with Crippen LogP contribution in [0.5, 0.6) is 11.5 Å². The SMILES string of the molecule is COC(=O)CSc1nnc(-c2ccc3c(c2)OCO3)n1-c1ccccc1. The van der Waals surface area contributed by atoms with Crippen LogP contribution in [-0.4, -0.2) is 40.4 Å². The van der Waals surface area contributed by atoms with Crippen LogP contribution < -0.4 is 9.47 Å². The first-order chi connectivity index (χ1) is 12.8. The van der Waals surface area contributed by atoms with E-state index in [0.29, 0.717) is 22.5 Å². The van der Waals surface area contributed by atoms with Crippen molar-refractivity contribution in [2.75, 3.05) is 19.7 Å². The summed E-state index contributed by atoms with van der Waals surface area (Å²) in [6, 6.07) is 15.4. The third-order valence-electron chi connectivity index (χ3n) is 3.83. The number of esters is 1. The number of methoxy groups -OCH3 is 1. The van der Waals surface area contributed by atoms with Gasteiger partial charge in [0, 0.05) is 11.3 Å². The highest BCUT2D eigenvalue weighted by atomic mass is 32.2. The van der Waals surface area contributed by atoms with Crippen molar-refractivity contribution < 1.29 is 19.0 Å². The third-order valence-corrected chi connectivity index (χ3v) is 4.73. The molecular weight excluding hydrogens is 354 g/mol. The second kappa shape index (κ2) is 7.09. The Morgan fingerprint density at radius 1 is 1.15 bits per heavy atom. The van der Waals surface area contributed by atoms with Crippen molar-refractivity contribution in [3.8, 4) is 28.6 Å². The zero-order valence-corrected chi connectivity index (χ0v) is 14.7. The molecule has 0 radical (unpaired) electrons. The molecule has 132 valence electrons. The van der Waals surface area contributed by atoms with Crippen LogP contribution in [0, 0.1) is 0 Å². The van der Waals surface area contributed by atoms with Crippen molar-refractivity contribution in [1.29, 1.82) is 0 Å². The molecule has 0 atom stereocenters. The lowest BCUT2D eigenvalue weighted by molar-refractivity contribution is -0.137. The summed E-state index contributed by atoms with van der Waals surface area (Å²) in [6.45, 7) is 0.213. The lowest BCUT2D eigenvalue weighted by Gasteiger charge is -2.10. The molecule has 0 aliphatic carbocycles. The first-order valence-electron chi connectivity index (χ1n) is 7.87. The van der Waals surface area contributed by atoms with Gasteiger partial charge in [-0.3, -0.25) is 9.36 Å². The van der Waals surface area contributed by atoms with Crippen LogP contribution in [-0.2, 0) is 9.53 Å². The first-order valence-corrected chi connectivity index (χ1v) is 8.85. The van der Waals surface area contributed by atoms with E-state index in [1.165, 1.54) is 18.9 Å². The monoisotopic (exact) mass is 369 g/mol. The molecule has 2 heterocycles. The molecule has 0 saturated heterocycles. The topological polar surface area (TPSA) is 75.5 Å². The van der Waals surface area contributed by atoms with Gasteiger partial charge in [0.25, 0.3) is 0 Å². The number of aromatic nitrogens is 3. The molecule has 1 aliphatic rings. The number of benzene rings is 2. The van der Waals surface area contributed by atoms with Crippen LogP contribution in [0.3, 0.4) is 0 Å². The van der Waals surface area contributed by atoms with Gasteiger partial charge in [-0.2, -0.15) is 0 Å². The molecule has 0 N–H and O–H groups in total. The molecule has 2 aromatic carbocycles. The second-order valence-corrected chi connectivity index (χ2v) is 6.35. The van der Waals surface area contributed by atoms with E-state index in [0.717, 1.165) is 11.3 Å². The summed E-state index contributed by atoms with van der Waals surface area (Å²) in [4.78, 5) is 11.5. The third kappa shape index (κ3) is 3.11. The molecule has 3 aromatic rings. The first kappa shape index (κ1) is 16.5. The Balaban J connectivity index is 1.77. The minimum Gasteiger partial charge on any atom is -0.468 e. The molecule has 8 heteroatoms. The van der Waals surface area contributed by atoms with Crippen LogP contribution in [0.2, 0.25) is 0 Å². The van der Waals surface area contributed by atoms with Gasteiger partial charge < -0.3 is 14.2 Å². The van der Waals surface area contributed by atoms with Crippen LogP contribution in [0.15, 0.2) is 53.7 Å². The van der Waals surface area contributed by atoms with Gasteiger partial charge in [-0.05, 0) is 30.3 Å². The zero-order chi connectivity index (χ0) is 17.9. The molecule has 0 spiro atoms. The number of carbonyl (C=O) groups excluding carboxylic acids is 1. The summed E-state index contributed by atoms with van der Waals surface area (Å²) in [6.07, 6.45) is 0. The van der Waals surface area contributed by atoms with Gasteiger partial charge >= 0.3 is 5.97 Å². The van der Waals surface area contributed by atoms with E-state index >= 15 is 0 Å². The molecule has 0 saturated carbocycles. The standard InChI is InChI=1S/C18H15N3O4S/c1-23-16(22)10-26-18-20-19-17(21(18)13-5-3-2-4-6-13)12-7-8-14-15(9-12)25-11-24-14/h2-9H,10-11H2,1H3. The summed E-state index contributed by atoms with van der Waals surface area (Å²) >= 11 is 1.27. The number of thioether (sulfide) groups is 1. The molecular formula is C18H15N3O4S. The van der Waals surface area contributed by atoms with E-state index in [9.17, 15) is 4.79 Å². The summed E-state index contributed by atoms with van der Waals surface area (Å²) in [5, 5.41) is 9.21. The van der Waals surface area contributed by atoms with Gasteiger partial charge in [0.15, 0.2) is 22.5 Å². The number of para-hydroxylation sites is 1. The summed E-state index contributed by atoms with van der Waals surface area (Å²) < 4.78 is 17.4. The normalized spacial score (nSPS) is 12.2. The van der Waals surface area contributed by atoms with E-state index in [1.54, 1.807) is 0 Å². The van der Waals surface area contributed by atoms with E-state index in [1.807, 2.05) is 53.1 Å². The van der Waals surface area contributed by atoms with Crippen molar-refractivity contribution in [3.63, 3.8) is 0 Å². The number of hydrogen-bond donors (Lipinski definition) is 0. The summed E-state index contributed by atoms with van der Waals surface area (Å²) in [5.74, 6) is 1.88. The van der Waals surface area contributed by atoms with Crippen molar-refractivity contribution >= 4 is 17.7 Å². The minimum absolute atomic E-state index is 0.155. The average Bonchev–Trinajstić information content (AvgIpc) is 3.32. The second-order valence-electron chi connectivity index (χ2n) is 5.41. The number of hydrogen-bond acceptors (Lipinski definition) is 7. The van der Waals surface area contributed by atoms with Crippen molar-refractivity contribution in [2.45, 2.75) is 5.16 Å². The van der Waals surface area contributed by atoms with Crippen LogP contribution in [0.25, 0.3) is 17.1 Å². The highest BCUT2D eigenvalue weighted by Crippen LogP contribution is 2.36. The van der Waals surface area contributed by atoms with E-state index < -0.39 is 0 Å². The van der Waals surface area contributed by atoms with E-state index in [2.05, 4.69) is 10.2 Å². The molecule has 1 aliphatic heterocycles. The maximum absolute atomic E-state index is 11.5. The Hall–Kier alpha value is -3.00. The van der Waals surface area contributed by atoms with Gasteiger partial charge in [-0.15, -0.1) is 10.2 Å². The fraction of sp³-hybridized carbons (Fsp3) is 0.167. The Morgan fingerprint density at radius 2 is 1.96 bits per heavy atom. The number of nitrogens with zero attached hydrogens (tertiary/aromatic N) is 3. The molecule has 26 heavy (non-hydrogen) atoms. The zero-order valence-electron chi connectivity index (χ0n) is 13.9. The van der Waals surface area contributed by atoms with E-state index in [-0.39, 0.29) is 18.5 Å². The number of fused-ring (bicyclic) bond motifs is 1. The fourth-order valence-electron chi connectivity index (χ4n) is 2.58. The molecule has 0 unspecified atom stereocenters. The molecule has 4 rings (SSSR count). The van der Waals surface area contributed by atoms with E-state index in [4.69, 9.17) is 14.2 Å². The highest BCUT2D eigenvalue weighted by molar-refractivity contribution is 7.99. The van der Waals surface area contributed by atoms with Gasteiger partial charge in [-0.1, -0.05) is 30.0 Å². The lowest BCUT2D eigenvalue weighted by Crippen LogP contribution is -2.05. The summed E-state index contributed by atoms with van der Waals surface area (Å²) in [7, 11) is 1.36. The van der Waals surface area contributed by atoms with Crippen LogP contribution in [0.1, 0.15) is 0 Å².